The minimum atomic E-state index is -0.0295. The van der Waals surface area contributed by atoms with Crippen LogP contribution in [-0.4, -0.2) is 25.1 Å². The van der Waals surface area contributed by atoms with Crippen molar-refractivity contribution in [2.45, 2.75) is 32.8 Å². The highest BCUT2D eigenvalue weighted by molar-refractivity contribution is 5.92. The van der Waals surface area contributed by atoms with Crippen molar-refractivity contribution in [2.75, 3.05) is 18.4 Å². The third-order valence-electron chi connectivity index (χ3n) is 4.32. The van der Waals surface area contributed by atoms with Crippen LogP contribution in [0.5, 0.6) is 5.75 Å². The van der Waals surface area contributed by atoms with Crippen LogP contribution in [0.4, 0.5) is 5.69 Å². The lowest BCUT2D eigenvalue weighted by Gasteiger charge is -2.26. The average molecular weight is 324 g/mol. The van der Waals surface area contributed by atoms with Gasteiger partial charge in [0.2, 0.25) is 5.91 Å². The Labute approximate surface area is 143 Å². The summed E-state index contributed by atoms with van der Waals surface area (Å²) in [4.78, 5) is 12.1. The standard InChI is InChI=1S/C20H24N2O2/c1-14-7-10-18(15(2)11-14)22-20(23)13-21-12-17-9-8-16-5-3-4-6-19(16)24-17/h3-7,10-11,17,21H,8-9,12-13H2,1-2H3,(H,22,23)/t17-/m1/s1. The van der Waals surface area contributed by atoms with Crippen LogP contribution in [0, 0.1) is 13.8 Å². The van der Waals surface area contributed by atoms with Crippen molar-refractivity contribution in [3.05, 3.63) is 59.2 Å². The summed E-state index contributed by atoms with van der Waals surface area (Å²) in [5.41, 5.74) is 4.41. The van der Waals surface area contributed by atoms with E-state index in [0.29, 0.717) is 6.54 Å². The molecule has 4 nitrogen and oxygen atoms in total. The van der Waals surface area contributed by atoms with Gasteiger partial charge >= 0.3 is 0 Å². The van der Waals surface area contributed by atoms with Gasteiger partial charge in [-0.05, 0) is 49.9 Å². The summed E-state index contributed by atoms with van der Waals surface area (Å²) in [5, 5.41) is 6.15. The number of nitrogens with one attached hydrogen (secondary N) is 2. The fraction of sp³-hybridized carbons (Fsp3) is 0.350. The van der Waals surface area contributed by atoms with E-state index in [1.807, 2.05) is 44.2 Å². The van der Waals surface area contributed by atoms with Gasteiger partial charge in [0.15, 0.2) is 0 Å². The van der Waals surface area contributed by atoms with E-state index in [1.54, 1.807) is 0 Å². The first-order chi connectivity index (χ1) is 11.6. The highest BCUT2D eigenvalue weighted by Gasteiger charge is 2.19. The molecule has 0 saturated heterocycles. The lowest BCUT2D eigenvalue weighted by Crippen LogP contribution is -2.38. The quantitative estimate of drug-likeness (QED) is 0.888. The van der Waals surface area contributed by atoms with Crippen LogP contribution in [0.15, 0.2) is 42.5 Å². The molecule has 2 aromatic rings. The number of para-hydroxylation sites is 1. The van der Waals surface area contributed by atoms with E-state index in [9.17, 15) is 4.79 Å². The molecule has 1 aliphatic rings. The molecule has 0 aliphatic carbocycles. The maximum absolute atomic E-state index is 12.1. The Balaban J connectivity index is 1.44. The van der Waals surface area contributed by atoms with E-state index < -0.39 is 0 Å². The van der Waals surface area contributed by atoms with Crippen LogP contribution in [0.2, 0.25) is 0 Å². The Bertz CT molecular complexity index is 727. The summed E-state index contributed by atoms with van der Waals surface area (Å²) in [6, 6.07) is 14.2. The van der Waals surface area contributed by atoms with Crippen LogP contribution >= 0.6 is 0 Å². The molecule has 126 valence electrons. The number of carbonyl (C=O) groups excluding carboxylic acids is 1. The second-order valence-corrected chi connectivity index (χ2v) is 6.38. The Morgan fingerprint density at radius 3 is 2.88 bits per heavy atom. The van der Waals surface area contributed by atoms with Gasteiger partial charge in [0.1, 0.15) is 11.9 Å². The van der Waals surface area contributed by atoms with Gasteiger partial charge in [-0.15, -0.1) is 0 Å². The average Bonchev–Trinajstić information content (AvgIpc) is 2.57. The van der Waals surface area contributed by atoms with Crippen LogP contribution in [0.25, 0.3) is 0 Å². The minimum absolute atomic E-state index is 0.0295. The zero-order chi connectivity index (χ0) is 16.9. The maximum atomic E-state index is 12.1. The number of fused-ring (bicyclic) bond motifs is 1. The number of ether oxygens (including phenoxy) is 1. The van der Waals surface area contributed by atoms with Crippen LogP contribution < -0.4 is 15.4 Å². The molecule has 1 atom stereocenters. The fourth-order valence-electron chi connectivity index (χ4n) is 3.02. The van der Waals surface area contributed by atoms with Crippen molar-refractivity contribution in [2.24, 2.45) is 0 Å². The van der Waals surface area contributed by atoms with E-state index >= 15 is 0 Å². The number of benzene rings is 2. The van der Waals surface area contributed by atoms with Crippen molar-refractivity contribution in [1.29, 1.82) is 0 Å². The van der Waals surface area contributed by atoms with Gasteiger partial charge in [-0.25, -0.2) is 0 Å². The molecule has 0 fully saturated rings. The summed E-state index contributed by atoms with van der Waals surface area (Å²) in [5.74, 6) is 0.938. The lowest BCUT2D eigenvalue weighted by atomic mass is 10.0. The maximum Gasteiger partial charge on any atom is 0.238 e. The number of amides is 1. The summed E-state index contributed by atoms with van der Waals surface area (Å²) in [7, 11) is 0. The second kappa shape index (κ2) is 7.49. The highest BCUT2D eigenvalue weighted by atomic mass is 16.5. The molecule has 24 heavy (non-hydrogen) atoms. The van der Waals surface area contributed by atoms with Crippen LogP contribution in [-0.2, 0) is 11.2 Å². The number of carbonyl (C=O) groups is 1. The van der Waals surface area contributed by atoms with E-state index in [-0.39, 0.29) is 18.6 Å². The first-order valence-corrected chi connectivity index (χ1v) is 8.44. The van der Waals surface area contributed by atoms with Crippen molar-refractivity contribution in [3.8, 4) is 5.75 Å². The highest BCUT2D eigenvalue weighted by Crippen LogP contribution is 2.26. The van der Waals surface area contributed by atoms with Gasteiger partial charge in [-0.2, -0.15) is 0 Å². The van der Waals surface area contributed by atoms with Crippen LogP contribution in [0.3, 0.4) is 0 Å². The normalized spacial score (nSPS) is 16.2. The molecule has 0 saturated carbocycles. The van der Waals surface area contributed by atoms with E-state index in [1.165, 1.54) is 11.1 Å². The fourth-order valence-corrected chi connectivity index (χ4v) is 3.02. The molecule has 3 rings (SSSR count). The van der Waals surface area contributed by atoms with Crippen molar-refractivity contribution >= 4 is 11.6 Å². The molecular formula is C20H24N2O2. The summed E-state index contributed by atoms with van der Waals surface area (Å²) < 4.78 is 5.97. The molecule has 0 spiro atoms. The molecule has 2 N–H and O–H groups in total. The molecule has 2 aromatic carbocycles. The van der Waals surface area contributed by atoms with Gasteiger partial charge in [-0.3, -0.25) is 4.79 Å². The predicted molar refractivity (Wildman–Crippen MR) is 96.6 cm³/mol. The Morgan fingerprint density at radius 2 is 2.04 bits per heavy atom. The zero-order valence-electron chi connectivity index (χ0n) is 14.3. The van der Waals surface area contributed by atoms with Gasteiger partial charge in [0.05, 0.1) is 6.54 Å². The molecule has 1 aliphatic heterocycles. The Morgan fingerprint density at radius 1 is 1.21 bits per heavy atom. The molecule has 0 aromatic heterocycles. The van der Waals surface area contributed by atoms with E-state index in [4.69, 9.17) is 4.74 Å². The third-order valence-corrected chi connectivity index (χ3v) is 4.32. The van der Waals surface area contributed by atoms with Crippen LogP contribution in [0.1, 0.15) is 23.1 Å². The Kier molecular flexibility index (Phi) is 5.16. The monoisotopic (exact) mass is 324 g/mol. The molecule has 1 amide bonds. The lowest BCUT2D eigenvalue weighted by molar-refractivity contribution is -0.115. The number of hydrogen-bond donors (Lipinski definition) is 2. The van der Waals surface area contributed by atoms with Gasteiger partial charge < -0.3 is 15.4 Å². The summed E-state index contributed by atoms with van der Waals surface area (Å²) >= 11 is 0. The SMILES string of the molecule is Cc1ccc(NC(=O)CNC[C@H]2CCc3ccccc3O2)c(C)c1. The van der Waals surface area contributed by atoms with E-state index in [2.05, 4.69) is 22.8 Å². The Hall–Kier alpha value is -2.33. The van der Waals surface area contributed by atoms with Crippen molar-refractivity contribution < 1.29 is 9.53 Å². The van der Waals surface area contributed by atoms with Gasteiger partial charge in [0.25, 0.3) is 0 Å². The van der Waals surface area contributed by atoms with Gasteiger partial charge in [0, 0.05) is 12.2 Å². The molecule has 0 bridgehead atoms. The number of rotatable bonds is 5. The zero-order valence-corrected chi connectivity index (χ0v) is 14.3. The summed E-state index contributed by atoms with van der Waals surface area (Å²) in [6.45, 7) is 5.01. The molecule has 1 heterocycles. The second-order valence-electron chi connectivity index (χ2n) is 6.38. The smallest absolute Gasteiger partial charge is 0.238 e. The largest absolute Gasteiger partial charge is 0.489 e. The van der Waals surface area contributed by atoms with Gasteiger partial charge in [-0.1, -0.05) is 35.9 Å². The summed E-state index contributed by atoms with van der Waals surface area (Å²) in [6.07, 6.45) is 2.12. The topological polar surface area (TPSA) is 50.4 Å². The first kappa shape index (κ1) is 16.5. The number of anilines is 1. The third kappa shape index (κ3) is 4.15. The number of hydrogen-bond acceptors (Lipinski definition) is 3. The first-order valence-electron chi connectivity index (χ1n) is 8.44. The number of aryl methyl sites for hydroxylation is 3. The molecule has 4 heteroatoms. The molecule has 0 radical (unpaired) electrons. The minimum Gasteiger partial charge on any atom is -0.489 e. The molecule has 0 unspecified atom stereocenters. The molecular weight excluding hydrogens is 300 g/mol. The van der Waals surface area contributed by atoms with Crippen molar-refractivity contribution in [3.63, 3.8) is 0 Å². The van der Waals surface area contributed by atoms with Crippen molar-refractivity contribution in [1.82, 2.24) is 5.32 Å². The predicted octanol–water partition coefficient (Wildman–Crippen LogP) is 3.23. The van der Waals surface area contributed by atoms with E-state index in [0.717, 1.165) is 29.8 Å².